The number of hydrogen-bond donors (Lipinski definition) is 1. The Morgan fingerprint density at radius 2 is 2.07 bits per heavy atom. The van der Waals surface area contributed by atoms with Crippen molar-refractivity contribution in [2.45, 2.75) is 6.18 Å². The number of nitrogens with zero attached hydrogens (tertiary/aromatic N) is 4. The number of ether oxygens (including phenoxy) is 1. The maximum atomic E-state index is 12.2. The zero-order valence-electron chi connectivity index (χ0n) is 13.4. The second-order valence-corrected chi connectivity index (χ2v) is 5.65. The summed E-state index contributed by atoms with van der Waals surface area (Å²) in [4.78, 5) is 24.0. The van der Waals surface area contributed by atoms with E-state index in [4.69, 9.17) is 11.6 Å². The molecule has 0 unspecified atom stereocenters. The fourth-order valence-electron chi connectivity index (χ4n) is 2.02. The Kier molecular flexibility index (Phi) is 5.26. The number of amides is 1. The van der Waals surface area contributed by atoms with Gasteiger partial charge in [0, 0.05) is 18.6 Å². The number of pyridine rings is 2. The minimum Gasteiger partial charge on any atom is -0.467 e. The predicted molar refractivity (Wildman–Crippen MR) is 90.1 cm³/mol. The van der Waals surface area contributed by atoms with E-state index in [9.17, 15) is 18.0 Å². The molecule has 0 saturated carbocycles. The van der Waals surface area contributed by atoms with Crippen LogP contribution in [0.1, 0.15) is 10.4 Å². The largest absolute Gasteiger partial charge is 0.467 e. The van der Waals surface area contributed by atoms with Crippen molar-refractivity contribution in [2.24, 2.45) is 0 Å². The number of carbonyl (C=O) groups excluding carboxylic acids is 1. The molecular formula is C16H11ClF3N5O2. The van der Waals surface area contributed by atoms with Crippen molar-refractivity contribution < 1.29 is 22.7 Å². The number of halogens is 4. The van der Waals surface area contributed by atoms with Crippen LogP contribution in [0.4, 0.5) is 18.9 Å². The Hall–Kier alpha value is -3.14. The summed E-state index contributed by atoms with van der Waals surface area (Å²) in [6.45, 7) is -1.53. The molecule has 0 aliphatic carbocycles. The van der Waals surface area contributed by atoms with Crippen molar-refractivity contribution in [3.63, 3.8) is 0 Å². The van der Waals surface area contributed by atoms with Crippen LogP contribution < -0.4 is 10.1 Å². The number of aromatic nitrogens is 4. The third kappa shape index (κ3) is 4.94. The molecule has 0 aromatic carbocycles. The summed E-state index contributed by atoms with van der Waals surface area (Å²) in [5.41, 5.74) is 0.468. The summed E-state index contributed by atoms with van der Waals surface area (Å²) in [6.07, 6.45) is 2.91. The van der Waals surface area contributed by atoms with Crippen LogP contribution in [0.25, 0.3) is 5.82 Å². The summed E-state index contributed by atoms with van der Waals surface area (Å²) in [6, 6.07) is 4.48. The van der Waals surface area contributed by atoms with Crippen LogP contribution in [0.3, 0.4) is 0 Å². The lowest BCUT2D eigenvalue weighted by molar-refractivity contribution is -0.154. The highest BCUT2D eigenvalue weighted by Gasteiger charge is 2.29. The number of rotatable bonds is 5. The Balaban J connectivity index is 1.66. The molecule has 0 fully saturated rings. The lowest BCUT2D eigenvalue weighted by atomic mass is 10.2. The van der Waals surface area contributed by atoms with Crippen molar-refractivity contribution in [3.05, 3.63) is 59.9 Å². The Labute approximate surface area is 155 Å². The molecule has 0 spiro atoms. The van der Waals surface area contributed by atoms with E-state index in [0.717, 1.165) is 6.20 Å². The van der Waals surface area contributed by atoms with Gasteiger partial charge < -0.3 is 10.1 Å². The van der Waals surface area contributed by atoms with E-state index in [1.54, 1.807) is 35.4 Å². The maximum absolute atomic E-state index is 12.2. The molecule has 0 bridgehead atoms. The Morgan fingerprint density at radius 1 is 1.26 bits per heavy atom. The molecule has 7 nitrogen and oxygen atoms in total. The van der Waals surface area contributed by atoms with Gasteiger partial charge in [0.1, 0.15) is 17.2 Å². The fraction of sp³-hybridized carbons (Fsp3) is 0.125. The molecule has 140 valence electrons. The highest BCUT2D eigenvalue weighted by molar-refractivity contribution is 6.32. The molecule has 1 N–H and O–H groups in total. The minimum atomic E-state index is -4.52. The van der Waals surface area contributed by atoms with Crippen LogP contribution in [0, 0.1) is 0 Å². The molecule has 0 aliphatic rings. The quantitative estimate of drug-likeness (QED) is 0.712. The van der Waals surface area contributed by atoms with Gasteiger partial charge in [-0.3, -0.25) is 9.36 Å². The summed E-state index contributed by atoms with van der Waals surface area (Å²) in [7, 11) is 0. The van der Waals surface area contributed by atoms with E-state index in [0.29, 0.717) is 11.5 Å². The van der Waals surface area contributed by atoms with Crippen LogP contribution in [0.15, 0.2) is 49.3 Å². The zero-order valence-corrected chi connectivity index (χ0v) is 14.2. The number of nitrogens with one attached hydrogen (secondary N) is 1. The van der Waals surface area contributed by atoms with Gasteiger partial charge >= 0.3 is 6.18 Å². The molecule has 3 aromatic rings. The Morgan fingerprint density at radius 3 is 2.67 bits per heavy atom. The summed E-state index contributed by atoms with van der Waals surface area (Å²) < 4.78 is 42.7. The molecule has 0 atom stereocenters. The maximum Gasteiger partial charge on any atom is 0.422 e. The minimum absolute atomic E-state index is 0.0537. The van der Waals surface area contributed by atoms with Gasteiger partial charge in [0.15, 0.2) is 6.61 Å². The highest BCUT2D eigenvalue weighted by Crippen LogP contribution is 2.25. The fourth-order valence-corrected chi connectivity index (χ4v) is 2.24. The van der Waals surface area contributed by atoms with Gasteiger partial charge in [-0.15, -0.1) is 0 Å². The van der Waals surface area contributed by atoms with Gasteiger partial charge in [-0.2, -0.15) is 13.2 Å². The molecule has 0 saturated heterocycles. The normalized spacial score (nSPS) is 11.3. The van der Waals surface area contributed by atoms with Crippen LogP contribution in [-0.2, 0) is 0 Å². The van der Waals surface area contributed by atoms with Gasteiger partial charge in [0.2, 0.25) is 5.88 Å². The van der Waals surface area contributed by atoms with Crippen molar-refractivity contribution >= 4 is 23.2 Å². The molecule has 0 aliphatic heterocycles. The van der Waals surface area contributed by atoms with E-state index >= 15 is 0 Å². The van der Waals surface area contributed by atoms with Gasteiger partial charge in [0.05, 0.1) is 17.4 Å². The van der Waals surface area contributed by atoms with E-state index in [1.165, 1.54) is 12.3 Å². The first kappa shape index (κ1) is 18.6. The standard InChI is InChI=1S/C16H11ClF3N5O2/c17-12-5-10(6-23-15(12)27-8-16(18,19)20)14(26)24-11-1-2-13(22-7-11)25-4-3-21-9-25/h1-7,9H,8H2,(H,24,26). The van der Waals surface area contributed by atoms with E-state index in [-0.39, 0.29) is 10.6 Å². The van der Waals surface area contributed by atoms with Crippen LogP contribution >= 0.6 is 11.6 Å². The van der Waals surface area contributed by atoms with Gasteiger partial charge in [-0.1, -0.05) is 11.6 Å². The third-order valence-corrected chi connectivity index (χ3v) is 3.49. The van der Waals surface area contributed by atoms with Crippen LogP contribution in [0.2, 0.25) is 5.02 Å². The number of imidazole rings is 1. The molecule has 3 aromatic heterocycles. The molecule has 3 rings (SSSR count). The smallest absolute Gasteiger partial charge is 0.422 e. The zero-order chi connectivity index (χ0) is 19.4. The molecular weight excluding hydrogens is 387 g/mol. The van der Waals surface area contributed by atoms with E-state index in [2.05, 4.69) is 25.0 Å². The molecule has 27 heavy (non-hydrogen) atoms. The van der Waals surface area contributed by atoms with Crippen LogP contribution in [-0.4, -0.2) is 38.2 Å². The van der Waals surface area contributed by atoms with Crippen molar-refractivity contribution in [1.29, 1.82) is 0 Å². The first-order valence-corrected chi connectivity index (χ1v) is 7.80. The molecule has 3 heterocycles. The third-order valence-electron chi connectivity index (χ3n) is 3.22. The van der Waals surface area contributed by atoms with E-state index < -0.39 is 24.6 Å². The van der Waals surface area contributed by atoms with Crippen molar-refractivity contribution in [2.75, 3.05) is 11.9 Å². The number of alkyl halides is 3. The monoisotopic (exact) mass is 397 g/mol. The van der Waals surface area contributed by atoms with Crippen molar-refractivity contribution in [3.8, 4) is 11.7 Å². The molecule has 1 amide bonds. The molecule has 11 heteroatoms. The van der Waals surface area contributed by atoms with Gasteiger partial charge in [0.25, 0.3) is 5.91 Å². The first-order chi connectivity index (χ1) is 12.8. The molecule has 0 radical (unpaired) electrons. The lowest BCUT2D eigenvalue weighted by Crippen LogP contribution is -2.20. The SMILES string of the molecule is O=C(Nc1ccc(-n2ccnc2)nc1)c1cnc(OCC(F)(F)F)c(Cl)c1. The summed E-state index contributed by atoms with van der Waals surface area (Å²) >= 11 is 5.83. The number of anilines is 1. The van der Waals surface area contributed by atoms with Crippen LogP contribution in [0.5, 0.6) is 5.88 Å². The number of hydrogen-bond acceptors (Lipinski definition) is 5. The second-order valence-electron chi connectivity index (χ2n) is 5.24. The van der Waals surface area contributed by atoms with Gasteiger partial charge in [-0.25, -0.2) is 15.0 Å². The number of carbonyl (C=O) groups is 1. The highest BCUT2D eigenvalue weighted by atomic mass is 35.5. The van der Waals surface area contributed by atoms with Crippen molar-refractivity contribution in [1.82, 2.24) is 19.5 Å². The topological polar surface area (TPSA) is 81.9 Å². The average molecular weight is 398 g/mol. The second kappa shape index (κ2) is 7.62. The lowest BCUT2D eigenvalue weighted by Gasteiger charge is -2.10. The summed E-state index contributed by atoms with van der Waals surface area (Å²) in [5, 5.41) is 2.38. The first-order valence-electron chi connectivity index (χ1n) is 7.43. The average Bonchev–Trinajstić information content (AvgIpc) is 3.15. The Bertz CT molecular complexity index is 930. The van der Waals surface area contributed by atoms with E-state index in [1.807, 2.05) is 0 Å². The van der Waals surface area contributed by atoms with Gasteiger partial charge in [-0.05, 0) is 18.2 Å². The predicted octanol–water partition coefficient (Wildman–Crippen LogP) is 3.51. The summed E-state index contributed by atoms with van der Waals surface area (Å²) in [5.74, 6) is -0.345.